The number of benzene rings is 3. The van der Waals surface area contributed by atoms with Crippen LogP contribution in [0.1, 0.15) is 16.7 Å². The zero-order valence-corrected chi connectivity index (χ0v) is 20.5. The Labute approximate surface area is 205 Å². The maximum absolute atomic E-state index is 12.7. The molecule has 0 spiro atoms. The number of carbonyl (C=O) groups excluding carboxylic acids is 1. The van der Waals surface area contributed by atoms with Crippen molar-refractivity contribution in [1.82, 2.24) is 0 Å². The Bertz CT molecular complexity index is 1210. The molecule has 0 aliphatic rings. The van der Waals surface area contributed by atoms with E-state index in [9.17, 15) is 4.79 Å². The molecule has 182 valence electrons. The Morgan fingerprint density at radius 2 is 1.37 bits per heavy atom. The molecule has 1 N–H and O–H groups in total. The second-order valence-corrected chi connectivity index (χ2v) is 7.34. The number of amides is 1. The molecule has 0 fully saturated rings. The molecule has 0 bridgehead atoms. The predicted molar refractivity (Wildman–Crippen MR) is 139 cm³/mol. The average molecular weight is 476 g/mol. The highest BCUT2D eigenvalue weighted by Crippen LogP contribution is 2.38. The van der Waals surface area contributed by atoms with E-state index in [1.807, 2.05) is 60.7 Å². The van der Waals surface area contributed by atoms with E-state index in [4.69, 9.17) is 23.7 Å². The van der Waals surface area contributed by atoms with Crippen LogP contribution in [0.25, 0.3) is 18.2 Å². The molecular formula is C28H29NO6. The minimum absolute atomic E-state index is 0.275. The molecule has 7 nitrogen and oxygen atoms in total. The number of methoxy groups -OCH3 is 5. The molecule has 0 aliphatic heterocycles. The lowest BCUT2D eigenvalue weighted by Gasteiger charge is -2.13. The minimum Gasteiger partial charge on any atom is -0.497 e. The summed E-state index contributed by atoms with van der Waals surface area (Å²) in [6, 6.07) is 16.6. The van der Waals surface area contributed by atoms with Crippen LogP contribution in [0.3, 0.4) is 0 Å². The van der Waals surface area contributed by atoms with Crippen LogP contribution in [-0.4, -0.2) is 41.5 Å². The second kappa shape index (κ2) is 12.2. The van der Waals surface area contributed by atoms with E-state index >= 15 is 0 Å². The molecule has 1 amide bonds. The number of anilines is 1. The second-order valence-electron chi connectivity index (χ2n) is 7.34. The molecule has 0 unspecified atom stereocenters. The molecule has 0 aromatic heterocycles. The molecule has 3 aromatic carbocycles. The number of hydrogen-bond acceptors (Lipinski definition) is 6. The van der Waals surface area contributed by atoms with Gasteiger partial charge in [0.05, 0.1) is 41.2 Å². The molecule has 0 aliphatic carbocycles. The molecule has 0 atom stereocenters. The standard InChI is InChI=1S/C28H29NO6/c1-31-22-8-6-7-19(15-22)10-14-27(30)29-24-18-23(32-2)13-12-21(24)11-9-20-16-25(33-3)28(35-5)26(17-20)34-4/h6-18H,1-5H3,(H,29,30)/b11-9+,14-10+. The Kier molecular flexibility index (Phi) is 8.78. The molecule has 3 aromatic rings. The van der Waals surface area contributed by atoms with Crippen LogP contribution < -0.4 is 29.0 Å². The number of rotatable bonds is 10. The third-order valence-corrected chi connectivity index (χ3v) is 5.18. The van der Waals surface area contributed by atoms with Gasteiger partial charge in [-0.2, -0.15) is 0 Å². The van der Waals surface area contributed by atoms with Gasteiger partial charge >= 0.3 is 0 Å². The summed E-state index contributed by atoms with van der Waals surface area (Å²) in [5, 5.41) is 2.93. The van der Waals surface area contributed by atoms with Crippen molar-refractivity contribution >= 4 is 29.8 Å². The third-order valence-electron chi connectivity index (χ3n) is 5.18. The van der Waals surface area contributed by atoms with E-state index in [0.29, 0.717) is 28.7 Å². The summed E-state index contributed by atoms with van der Waals surface area (Å²) < 4.78 is 26.8. The fraction of sp³-hybridized carbons (Fsp3) is 0.179. The molecule has 35 heavy (non-hydrogen) atoms. The first kappa shape index (κ1) is 25.2. The molecule has 0 saturated carbocycles. The highest BCUT2D eigenvalue weighted by atomic mass is 16.5. The van der Waals surface area contributed by atoms with Gasteiger partial charge in [0, 0.05) is 12.1 Å². The van der Waals surface area contributed by atoms with Crippen LogP contribution >= 0.6 is 0 Å². The van der Waals surface area contributed by atoms with Crippen molar-refractivity contribution < 1.29 is 28.5 Å². The predicted octanol–water partition coefficient (Wildman–Crippen LogP) is 5.55. The van der Waals surface area contributed by atoms with Crippen molar-refractivity contribution in [3.8, 4) is 28.7 Å². The van der Waals surface area contributed by atoms with Crippen LogP contribution in [-0.2, 0) is 4.79 Å². The van der Waals surface area contributed by atoms with Gasteiger partial charge in [0.25, 0.3) is 0 Å². The van der Waals surface area contributed by atoms with Crippen molar-refractivity contribution in [3.63, 3.8) is 0 Å². The number of nitrogens with one attached hydrogen (secondary N) is 1. The molecule has 3 rings (SSSR count). The van der Waals surface area contributed by atoms with Crippen molar-refractivity contribution in [2.24, 2.45) is 0 Å². The van der Waals surface area contributed by atoms with E-state index in [0.717, 1.165) is 22.4 Å². The van der Waals surface area contributed by atoms with Crippen molar-refractivity contribution in [2.45, 2.75) is 0 Å². The first-order valence-electron chi connectivity index (χ1n) is 10.8. The van der Waals surface area contributed by atoms with E-state index in [1.54, 1.807) is 47.7 Å². The Balaban J connectivity index is 1.86. The summed E-state index contributed by atoms with van der Waals surface area (Å²) in [5.41, 5.74) is 3.09. The average Bonchev–Trinajstić information content (AvgIpc) is 2.90. The number of hydrogen-bond donors (Lipinski definition) is 1. The zero-order valence-electron chi connectivity index (χ0n) is 20.5. The van der Waals surface area contributed by atoms with E-state index in [2.05, 4.69) is 5.32 Å². The van der Waals surface area contributed by atoms with Gasteiger partial charge in [0.15, 0.2) is 11.5 Å². The Morgan fingerprint density at radius 1 is 0.686 bits per heavy atom. The quantitative estimate of drug-likeness (QED) is 0.306. The van der Waals surface area contributed by atoms with Gasteiger partial charge in [-0.05, 0) is 59.2 Å². The lowest BCUT2D eigenvalue weighted by Crippen LogP contribution is -2.09. The monoisotopic (exact) mass is 475 g/mol. The summed E-state index contributed by atoms with van der Waals surface area (Å²) in [5.74, 6) is 2.70. The first-order chi connectivity index (χ1) is 17.0. The minimum atomic E-state index is -0.275. The smallest absolute Gasteiger partial charge is 0.248 e. The maximum Gasteiger partial charge on any atom is 0.248 e. The van der Waals surface area contributed by atoms with Crippen LogP contribution in [0.2, 0.25) is 0 Å². The summed E-state index contributed by atoms with van der Waals surface area (Å²) in [6.45, 7) is 0. The van der Waals surface area contributed by atoms with Crippen LogP contribution in [0, 0.1) is 0 Å². The van der Waals surface area contributed by atoms with Gasteiger partial charge < -0.3 is 29.0 Å². The van der Waals surface area contributed by atoms with Crippen LogP contribution in [0.15, 0.2) is 60.7 Å². The Morgan fingerprint density at radius 3 is 2.00 bits per heavy atom. The van der Waals surface area contributed by atoms with Crippen molar-refractivity contribution in [2.75, 3.05) is 40.9 Å². The van der Waals surface area contributed by atoms with E-state index in [-0.39, 0.29) is 5.91 Å². The lowest BCUT2D eigenvalue weighted by atomic mass is 10.1. The van der Waals surface area contributed by atoms with E-state index < -0.39 is 0 Å². The largest absolute Gasteiger partial charge is 0.497 e. The summed E-state index contributed by atoms with van der Waals surface area (Å²) >= 11 is 0. The van der Waals surface area contributed by atoms with E-state index in [1.165, 1.54) is 6.08 Å². The molecule has 0 heterocycles. The SMILES string of the molecule is COc1cccc(/C=C/C(=O)Nc2cc(OC)ccc2/C=C/c2cc(OC)c(OC)c(OC)c2)c1. The van der Waals surface area contributed by atoms with Crippen molar-refractivity contribution in [1.29, 1.82) is 0 Å². The van der Waals surface area contributed by atoms with Gasteiger partial charge in [-0.3, -0.25) is 4.79 Å². The zero-order chi connectivity index (χ0) is 25.2. The number of ether oxygens (including phenoxy) is 5. The fourth-order valence-electron chi connectivity index (χ4n) is 3.39. The molecular weight excluding hydrogens is 446 g/mol. The van der Waals surface area contributed by atoms with Gasteiger partial charge in [-0.25, -0.2) is 0 Å². The lowest BCUT2D eigenvalue weighted by molar-refractivity contribution is -0.111. The molecule has 0 saturated heterocycles. The molecule has 7 heteroatoms. The summed E-state index contributed by atoms with van der Waals surface area (Å²) in [7, 11) is 7.88. The van der Waals surface area contributed by atoms with Gasteiger partial charge in [0.2, 0.25) is 11.7 Å². The maximum atomic E-state index is 12.7. The normalized spacial score (nSPS) is 10.9. The highest BCUT2D eigenvalue weighted by Gasteiger charge is 2.12. The van der Waals surface area contributed by atoms with Crippen LogP contribution in [0.5, 0.6) is 28.7 Å². The van der Waals surface area contributed by atoms with Gasteiger partial charge in [0.1, 0.15) is 11.5 Å². The highest BCUT2D eigenvalue weighted by molar-refractivity contribution is 6.03. The third kappa shape index (κ3) is 6.57. The first-order valence-corrected chi connectivity index (χ1v) is 10.8. The fourth-order valence-corrected chi connectivity index (χ4v) is 3.39. The van der Waals surface area contributed by atoms with Crippen molar-refractivity contribution in [3.05, 3.63) is 77.4 Å². The topological polar surface area (TPSA) is 75.3 Å². The Hall–Kier alpha value is -4.39. The van der Waals surface area contributed by atoms with Gasteiger partial charge in [-0.1, -0.05) is 24.3 Å². The number of carbonyl (C=O) groups is 1. The van der Waals surface area contributed by atoms with Crippen LogP contribution in [0.4, 0.5) is 5.69 Å². The summed E-state index contributed by atoms with van der Waals surface area (Å²) in [4.78, 5) is 12.7. The molecule has 0 radical (unpaired) electrons. The summed E-state index contributed by atoms with van der Waals surface area (Å²) in [6.07, 6.45) is 6.99. The van der Waals surface area contributed by atoms with Gasteiger partial charge in [-0.15, -0.1) is 0 Å².